The summed E-state index contributed by atoms with van der Waals surface area (Å²) in [6.07, 6.45) is 4.72. The summed E-state index contributed by atoms with van der Waals surface area (Å²) in [7, 11) is 0. The van der Waals surface area contributed by atoms with E-state index in [-0.39, 0.29) is 5.91 Å². The Kier molecular flexibility index (Phi) is 3.53. The molecule has 5 heteroatoms. The van der Waals surface area contributed by atoms with Crippen molar-refractivity contribution in [1.29, 1.82) is 0 Å². The summed E-state index contributed by atoms with van der Waals surface area (Å²) in [6, 6.07) is 3.65. The first-order valence-corrected chi connectivity index (χ1v) is 7.67. The quantitative estimate of drug-likeness (QED) is 0.913. The molecule has 1 unspecified atom stereocenters. The highest BCUT2D eigenvalue weighted by Crippen LogP contribution is 2.37. The number of thiophene rings is 1. The molecule has 0 radical (unpaired) electrons. The highest BCUT2D eigenvalue weighted by molar-refractivity contribution is 7.16. The third-order valence-electron chi connectivity index (χ3n) is 3.77. The normalized spacial score (nSPS) is 17.8. The van der Waals surface area contributed by atoms with Gasteiger partial charge in [0, 0.05) is 4.88 Å². The van der Waals surface area contributed by atoms with Gasteiger partial charge >= 0.3 is 0 Å². The summed E-state index contributed by atoms with van der Waals surface area (Å²) in [5, 5.41) is 3.52. The summed E-state index contributed by atoms with van der Waals surface area (Å²) in [4.78, 5) is 13.6. The van der Waals surface area contributed by atoms with Gasteiger partial charge in [-0.05, 0) is 42.9 Å². The standard InChI is InChI=1S/C15H18N2O2S/c1-9-4-5-11-12(7-9)20-14(16)13(11)15(18)17-8-10-3-2-6-19-10/h2-3,6,9H,4-5,7-8,16H2,1H3,(H,17,18). The Morgan fingerprint density at radius 1 is 1.60 bits per heavy atom. The van der Waals surface area contributed by atoms with Gasteiger partial charge in [-0.25, -0.2) is 0 Å². The van der Waals surface area contributed by atoms with Crippen LogP contribution in [0.5, 0.6) is 0 Å². The number of rotatable bonds is 3. The van der Waals surface area contributed by atoms with Gasteiger partial charge in [-0.2, -0.15) is 0 Å². The van der Waals surface area contributed by atoms with E-state index in [9.17, 15) is 4.79 Å². The average molecular weight is 290 g/mol. The lowest BCUT2D eigenvalue weighted by atomic mass is 9.88. The molecule has 3 N–H and O–H groups in total. The maximum absolute atomic E-state index is 12.3. The zero-order chi connectivity index (χ0) is 14.1. The lowest BCUT2D eigenvalue weighted by Gasteiger charge is -2.18. The number of amides is 1. The summed E-state index contributed by atoms with van der Waals surface area (Å²) >= 11 is 1.57. The second-order valence-electron chi connectivity index (χ2n) is 5.35. The van der Waals surface area contributed by atoms with Crippen molar-refractivity contribution in [2.24, 2.45) is 5.92 Å². The average Bonchev–Trinajstić information content (AvgIpc) is 3.02. The number of nitrogens with two attached hydrogens (primary N) is 1. The molecule has 2 aromatic heterocycles. The van der Waals surface area contributed by atoms with Crippen LogP contribution in [0.2, 0.25) is 0 Å². The van der Waals surface area contributed by atoms with Crippen LogP contribution in [0.1, 0.15) is 39.9 Å². The number of hydrogen-bond acceptors (Lipinski definition) is 4. The van der Waals surface area contributed by atoms with Gasteiger partial charge < -0.3 is 15.5 Å². The van der Waals surface area contributed by atoms with Crippen molar-refractivity contribution in [1.82, 2.24) is 5.32 Å². The number of nitrogen functional groups attached to an aromatic ring is 1. The van der Waals surface area contributed by atoms with Gasteiger partial charge in [0.2, 0.25) is 0 Å². The van der Waals surface area contributed by atoms with E-state index in [0.29, 0.717) is 23.0 Å². The molecule has 0 spiro atoms. The lowest BCUT2D eigenvalue weighted by Crippen LogP contribution is -2.25. The Balaban J connectivity index is 1.78. The van der Waals surface area contributed by atoms with Crippen LogP contribution >= 0.6 is 11.3 Å². The van der Waals surface area contributed by atoms with E-state index in [0.717, 1.165) is 30.6 Å². The van der Waals surface area contributed by atoms with Crippen molar-refractivity contribution in [2.45, 2.75) is 32.7 Å². The van der Waals surface area contributed by atoms with Crippen LogP contribution in [0, 0.1) is 5.92 Å². The van der Waals surface area contributed by atoms with Crippen LogP contribution in [0.15, 0.2) is 22.8 Å². The third-order valence-corrected chi connectivity index (χ3v) is 4.85. The topological polar surface area (TPSA) is 68.3 Å². The molecule has 0 saturated heterocycles. The molecular formula is C15H18N2O2S. The number of carbonyl (C=O) groups excluding carboxylic acids is 1. The van der Waals surface area contributed by atoms with Crippen LogP contribution in [-0.4, -0.2) is 5.91 Å². The predicted octanol–water partition coefficient (Wildman–Crippen LogP) is 2.98. The van der Waals surface area contributed by atoms with Crippen LogP contribution < -0.4 is 11.1 Å². The van der Waals surface area contributed by atoms with Crippen molar-refractivity contribution in [3.05, 3.63) is 40.2 Å². The molecular weight excluding hydrogens is 272 g/mol. The Hall–Kier alpha value is -1.75. The van der Waals surface area contributed by atoms with E-state index in [1.54, 1.807) is 17.6 Å². The summed E-state index contributed by atoms with van der Waals surface area (Å²) in [5.74, 6) is 1.33. The van der Waals surface area contributed by atoms with Gasteiger partial charge in [-0.1, -0.05) is 6.92 Å². The van der Waals surface area contributed by atoms with E-state index < -0.39 is 0 Å². The zero-order valence-electron chi connectivity index (χ0n) is 11.4. The van der Waals surface area contributed by atoms with Crippen LogP contribution in [0.25, 0.3) is 0 Å². The number of hydrogen-bond donors (Lipinski definition) is 2. The van der Waals surface area contributed by atoms with Gasteiger partial charge in [0.15, 0.2) is 0 Å². The van der Waals surface area contributed by atoms with Gasteiger partial charge in [0.05, 0.1) is 23.4 Å². The SMILES string of the molecule is CC1CCc2c(sc(N)c2C(=O)NCc2ccco2)C1. The van der Waals surface area contributed by atoms with Gasteiger partial charge in [0.1, 0.15) is 5.76 Å². The largest absolute Gasteiger partial charge is 0.467 e. The number of carbonyl (C=O) groups is 1. The van der Waals surface area contributed by atoms with Gasteiger partial charge in [-0.15, -0.1) is 11.3 Å². The molecule has 0 aliphatic heterocycles. The Labute approximate surface area is 122 Å². The lowest BCUT2D eigenvalue weighted by molar-refractivity contribution is 0.0948. The summed E-state index contributed by atoms with van der Waals surface area (Å²) < 4.78 is 5.21. The first kappa shape index (κ1) is 13.2. The Morgan fingerprint density at radius 2 is 2.45 bits per heavy atom. The number of fused-ring (bicyclic) bond motifs is 1. The molecule has 3 rings (SSSR count). The molecule has 1 amide bonds. The van der Waals surface area contributed by atoms with E-state index in [1.165, 1.54) is 4.88 Å². The molecule has 106 valence electrons. The minimum atomic E-state index is -0.0917. The Bertz CT molecular complexity index is 616. The molecule has 1 atom stereocenters. The number of nitrogens with one attached hydrogen (secondary N) is 1. The number of furan rings is 1. The Morgan fingerprint density at radius 3 is 3.20 bits per heavy atom. The van der Waals surface area contributed by atoms with Crippen molar-refractivity contribution in [3.63, 3.8) is 0 Å². The molecule has 0 aromatic carbocycles. The van der Waals surface area contributed by atoms with Crippen LogP contribution in [-0.2, 0) is 19.4 Å². The molecule has 2 aromatic rings. The van der Waals surface area contributed by atoms with Crippen molar-refractivity contribution < 1.29 is 9.21 Å². The fourth-order valence-corrected chi connectivity index (χ4v) is 3.97. The van der Waals surface area contributed by atoms with E-state index in [2.05, 4.69) is 12.2 Å². The third kappa shape index (κ3) is 2.45. The van der Waals surface area contributed by atoms with Gasteiger partial charge in [0.25, 0.3) is 5.91 Å². The number of anilines is 1. The molecule has 0 bridgehead atoms. The minimum absolute atomic E-state index is 0.0917. The van der Waals surface area contributed by atoms with Crippen LogP contribution in [0.3, 0.4) is 0 Å². The second-order valence-corrected chi connectivity index (χ2v) is 6.49. The maximum atomic E-state index is 12.3. The van der Waals surface area contributed by atoms with Crippen molar-refractivity contribution >= 4 is 22.2 Å². The molecule has 1 aliphatic rings. The summed E-state index contributed by atoms with van der Waals surface area (Å²) in [5.41, 5.74) is 7.89. The fraction of sp³-hybridized carbons (Fsp3) is 0.400. The van der Waals surface area contributed by atoms with Gasteiger partial charge in [-0.3, -0.25) is 4.79 Å². The molecule has 4 nitrogen and oxygen atoms in total. The highest BCUT2D eigenvalue weighted by Gasteiger charge is 2.26. The van der Waals surface area contributed by atoms with E-state index in [1.807, 2.05) is 12.1 Å². The molecule has 0 fully saturated rings. The monoisotopic (exact) mass is 290 g/mol. The van der Waals surface area contributed by atoms with Crippen molar-refractivity contribution in [2.75, 3.05) is 5.73 Å². The van der Waals surface area contributed by atoms with E-state index in [4.69, 9.17) is 10.2 Å². The van der Waals surface area contributed by atoms with E-state index >= 15 is 0 Å². The van der Waals surface area contributed by atoms with Crippen LogP contribution in [0.4, 0.5) is 5.00 Å². The first-order chi connectivity index (χ1) is 9.65. The minimum Gasteiger partial charge on any atom is -0.467 e. The van der Waals surface area contributed by atoms with Crippen molar-refractivity contribution in [3.8, 4) is 0 Å². The predicted molar refractivity (Wildman–Crippen MR) is 79.8 cm³/mol. The summed E-state index contributed by atoms with van der Waals surface area (Å²) in [6.45, 7) is 2.64. The zero-order valence-corrected chi connectivity index (χ0v) is 12.3. The molecule has 20 heavy (non-hydrogen) atoms. The smallest absolute Gasteiger partial charge is 0.254 e. The first-order valence-electron chi connectivity index (χ1n) is 6.85. The highest BCUT2D eigenvalue weighted by atomic mass is 32.1. The fourth-order valence-electron chi connectivity index (χ4n) is 2.69. The second kappa shape index (κ2) is 5.32. The molecule has 2 heterocycles. The molecule has 0 saturated carbocycles. The molecule has 1 aliphatic carbocycles. The maximum Gasteiger partial charge on any atom is 0.254 e.